The third-order valence-electron chi connectivity index (χ3n) is 2.83. The van der Waals surface area contributed by atoms with E-state index in [1.807, 2.05) is 18.2 Å². The van der Waals surface area contributed by atoms with Crippen molar-refractivity contribution in [2.24, 2.45) is 0 Å². The molecule has 5 heteroatoms. The van der Waals surface area contributed by atoms with Crippen LogP contribution in [-0.4, -0.2) is 6.54 Å². The number of nitrogens with one attached hydrogen (secondary N) is 1. The van der Waals surface area contributed by atoms with Crippen LogP contribution in [0.3, 0.4) is 0 Å². The lowest BCUT2D eigenvalue weighted by atomic mass is 10.1. The van der Waals surface area contributed by atoms with Gasteiger partial charge in [-0.1, -0.05) is 17.7 Å². The van der Waals surface area contributed by atoms with Crippen LogP contribution in [0.5, 0.6) is 0 Å². The Bertz CT molecular complexity index is 584. The van der Waals surface area contributed by atoms with E-state index in [4.69, 9.17) is 11.6 Å². The minimum Gasteiger partial charge on any atom is -0.312 e. The van der Waals surface area contributed by atoms with Gasteiger partial charge in [-0.25, -0.2) is 8.78 Å². The molecule has 0 aliphatic rings. The van der Waals surface area contributed by atoms with Crippen LogP contribution < -0.4 is 5.32 Å². The number of hydrogen-bond acceptors (Lipinski definition) is 1. The van der Waals surface area contributed by atoms with Gasteiger partial charge in [0.2, 0.25) is 0 Å². The first-order valence-electron chi connectivity index (χ1n) is 6.14. The topological polar surface area (TPSA) is 12.0 Å². The second-order valence-corrected chi connectivity index (χ2v) is 5.71. The molecule has 0 unspecified atom stereocenters. The van der Waals surface area contributed by atoms with Gasteiger partial charge in [0.15, 0.2) is 0 Å². The van der Waals surface area contributed by atoms with Crippen molar-refractivity contribution in [1.82, 2.24) is 5.32 Å². The van der Waals surface area contributed by atoms with Crippen LogP contribution in [0.4, 0.5) is 8.78 Å². The molecular formula is C15H13BrClF2N. The molecule has 20 heavy (non-hydrogen) atoms. The number of benzene rings is 2. The fourth-order valence-corrected chi connectivity index (χ4v) is 2.41. The smallest absolute Gasteiger partial charge is 0.126 e. The molecule has 0 amide bonds. The fourth-order valence-electron chi connectivity index (χ4n) is 1.87. The zero-order valence-corrected chi connectivity index (χ0v) is 12.9. The van der Waals surface area contributed by atoms with E-state index in [2.05, 4.69) is 21.2 Å². The predicted molar refractivity (Wildman–Crippen MR) is 80.9 cm³/mol. The summed E-state index contributed by atoms with van der Waals surface area (Å²) < 4.78 is 26.9. The monoisotopic (exact) mass is 359 g/mol. The largest absolute Gasteiger partial charge is 0.312 e. The van der Waals surface area contributed by atoms with E-state index in [-0.39, 0.29) is 0 Å². The molecular weight excluding hydrogens is 348 g/mol. The van der Waals surface area contributed by atoms with Crippen LogP contribution in [0.1, 0.15) is 11.1 Å². The number of hydrogen-bond donors (Lipinski definition) is 1. The number of rotatable bonds is 5. The average Bonchev–Trinajstić information content (AvgIpc) is 2.38. The van der Waals surface area contributed by atoms with Gasteiger partial charge in [-0.2, -0.15) is 0 Å². The maximum absolute atomic E-state index is 13.0. The first-order valence-corrected chi connectivity index (χ1v) is 7.31. The highest BCUT2D eigenvalue weighted by molar-refractivity contribution is 9.10. The van der Waals surface area contributed by atoms with E-state index >= 15 is 0 Å². The summed E-state index contributed by atoms with van der Waals surface area (Å²) in [7, 11) is 0. The molecule has 0 atom stereocenters. The van der Waals surface area contributed by atoms with E-state index in [0.717, 1.165) is 16.1 Å². The van der Waals surface area contributed by atoms with Crippen molar-refractivity contribution in [2.75, 3.05) is 6.54 Å². The van der Waals surface area contributed by atoms with Gasteiger partial charge in [0, 0.05) is 17.1 Å². The Morgan fingerprint density at radius 1 is 1.00 bits per heavy atom. The van der Waals surface area contributed by atoms with Crippen molar-refractivity contribution in [3.63, 3.8) is 0 Å². The summed E-state index contributed by atoms with van der Waals surface area (Å²) in [6, 6.07) is 9.28. The Balaban J connectivity index is 1.82. The molecule has 0 bridgehead atoms. The van der Waals surface area contributed by atoms with Crippen molar-refractivity contribution in [3.05, 3.63) is 68.7 Å². The maximum atomic E-state index is 13.0. The zero-order chi connectivity index (χ0) is 14.5. The van der Waals surface area contributed by atoms with E-state index in [9.17, 15) is 8.78 Å². The summed E-state index contributed by atoms with van der Waals surface area (Å²) in [5.41, 5.74) is 1.74. The molecule has 0 saturated heterocycles. The summed E-state index contributed by atoms with van der Waals surface area (Å²) in [5.74, 6) is -1.08. The van der Waals surface area contributed by atoms with Gasteiger partial charge in [0.05, 0.1) is 5.02 Å². The quantitative estimate of drug-likeness (QED) is 0.761. The van der Waals surface area contributed by atoms with Crippen LogP contribution in [-0.2, 0) is 13.0 Å². The Morgan fingerprint density at radius 2 is 1.70 bits per heavy atom. The van der Waals surface area contributed by atoms with Gasteiger partial charge in [-0.3, -0.25) is 0 Å². The fraction of sp³-hybridized carbons (Fsp3) is 0.200. The molecule has 2 aromatic carbocycles. The highest BCUT2D eigenvalue weighted by atomic mass is 79.9. The van der Waals surface area contributed by atoms with Crippen molar-refractivity contribution in [3.8, 4) is 0 Å². The molecule has 0 aliphatic carbocycles. The maximum Gasteiger partial charge on any atom is 0.126 e. The third-order valence-corrected chi connectivity index (χ3v) is 4.04. The molecule has 1 nitrogen and oxygen atoms in total. The zero-order valence-electron chi connectivity index (χ0n) is 10.6. The van der Waals surface area contributed by atoms with Gasteiger partial charge in [0.1, 0.15) is 11.6 Å². The van der Waals surface area contributed by atoms with Gasteiger partial charge in [0.25, 0.3) is 0 Å². The molecule has 0 saturated carbocycles. The Hall–Kier alpha value is -0.970. The highest BCUT2D eigenvalue weighted by Crippen LogP contribution is 2.23. The molecule has 0 spiro atoms. The minimum absolute atomic E-state index is 0.540. The summed E-state index contributed by atoms with van der Waals surface area (Å²) >= 11 is 9.28. The summed E-state index contributed by atoms with van der Waals surface area (Å²) in [6.45, 7) is 1.32. The molecule has 0 fully saturated rings. The van der Waals surface area contributed by atoms with Crippen LogP contribution >= 0.6 is 27.5 Å². The lowest BCUT2D eigenvalue weighted by molar-refractivity contribution is 0.577. The minimum atomic E-state index is -0.540. The Morgan fingerprint density at radius 3 is 2.35 bits per heavy atom. The van der Waals surface area contributed by atoms with E-state index in [0.29, 0.717) is 30.1 Å². The van der Waals surface area contributed by atoms with Gasteiger partial charge < -0.3 is 5.32 Å². The van der Waals surface area contributed by atoms with Crippen LogP contribution in [0, 0.1) is 11.6 Å². The molecule has 0 aromatic heterocycles. The van der Waals surface area contributed by atoms with Crippen LogP contribution in [0.15, 0.2) is 40.9 Å². The highest BCUT2D eigenvalue weighted by Gasteiger charge is 2.01. The summed E-state index contributed by atoms with van der Waals surface area (Å²) in [5, 5.41) is 3.90. The van der Waals surface area contributed by atoms with Crippen molar-refractivity contribution < 1.29 is 8.78 Å². The number of halogens is 4. The molecule has 2 aromatic rings. The van der Waals surface area contributed by atoms with Crippen molar-refractivity contribution >= 4 is 27.5 Å². The van der Waals surface area contributed by atoms with Crippen molar-refractivity contribution in [1.29, 1.82) is 0 Å². The van der Waals surface area contributed by atoms with Gasteiger partial charge in [-0.05, 0) is 64.3 Å². The van der Waals surface area contributed by atoms with Gasteiger partial charge in [-0.15, -0.1) is 0 Å². The van der Waals surface area contributed by atoms with E-state index in [1.54, 1.807) is 0 Å². The molecule has 106 valence electrons. The molecule has 0 radical (unpaired) electrons. The predicted octanol–water partition coefficient (Wildman–Crippen LogP) is 4.71. The second kappa shape index (κ2) is 7.16. The molecule has 1 N–H and O–H groups in total. The first kappa shape index (κ1) is 15.4. The Labute approximate surface area is 130 Å². The van der Waals surface area contributed by atoms with Gasteiger partial charge >= 0.3 is 0 Å². The first-order chi connectivity index (χ1) is 9.54. The van der Waals surface area contributed by atoms with Crippen LogP contribution in [0.25, 0.3) is 0 Å². The van der Waals surface area contributed by atoms with E-state index < -0.39 is 11.6 Å². The van der Waals surface area contributed by atoms with E-state index in [1.165, 1.54) is 12.1 Å². The summed E-state index contributed by atoms with van der Waals surface area (Å²) in [4.78, 5) is 0. The lowest BCUT2D eigenvalue weighted by Crippen LogP contribution is -2.16. The standard InChI is InChI=1S/C15H13BrClF2N/c16-14-7-11(1-2-15(14)17)9-20-4-3-10-5-12(18)8-13(19)6-10/h1-2,5-8,20H,3-4,9H2. The average molecular weight is 361 g/mol. The lowest BCUT2D eigenvalue weighted by Gasteiger charge is -2.07. The Kier molecular flexibility index (Phi) is 5.52. The molecule has 0 heterocycles. The second-order valence-electron chi connectivity index (χ2n) is 4.45. The molecule has 0 aliphatic heterocycles. The third kappa shape index (κ3) is 4.54. The van der Waals surface area contributed by atoms with Crippen molar-refractivity contribution in [2.45, 2.75) is 13.0 Å². The van der Waals surface area contributed by atoms with Crippen LogP contribution in [0.2, 0.25) is 5.02 Å². The summed E-state index contributed by atoms with van der Waals surface area (Å²) in [6.07, 6.45) is 0.573. The normalized spacial score (nSPS) is 10.8. The SMILES string of the molecule is Fc1cc(F)cc(CCNCc2ccc(Cl)c(Br)c2)c1. The molecule has 2 rings (SSSR count).